The zero-order chi connectivity index (χ0) is 26.5. The van der Waals surface area contributed by atoms with Gasteiger partial charge in [0, 0.05) is 66.7 Å². The Balaban J connectivity index is 1.49. The van der Waals surface area contributed by atoms with Crippen LogP contribution < -0.4 is 4.90 Å². The van der Waals surface area contributed by atoms with Crippen molar-refractivity contribution in [2.45, 2.75) is 22.6 Å². The molecule has 2 aliphatic rings. The van der Waals surface area contributed by atoms with Crippen molar-refractivity contribution in [2.24, 2.45) is 5.92 Å². The van der Waals surface area contributed by atoms with Crippen molar-refractivity contribution in [1.29, 1.82) is 0 Å². The van der Waals surface area contributed by atoms with Crippen LogP contribution in [-0.4, -0.2) is 84.3 Å². The first-order chi connectivity index (χ1) is 17.8. The van der Waals surface area contributed by atoms with Gasteiger partial charge in [-0.15, -0.1) is 0 Å². The third-order valence-corrected chi connectivity index (χ3v) is 9.02. The Morgan fingerprint density at radius 2 is 1.73 bits per heavy atom. The molecule has 1 atom stereocenters. The molecule has 2 aromatic carbocycles. The van der Waals surface area contributed by atoms with Crippen molar-refractivity contribution in [3.05, 3.63) is 58.6 Å². The Kier molecular flexibility index (Phi) is 9.42. The average molecular weight is 565 g/mol. The lowest BCUT2D eigenvalue weighted by Gasteiger charge is -2.34. The van der Waals surface area contributed by atoms with Gasteiger partial charge in [0.2, 0.25) is 0 Å². The van der Waals surface area contributed by atoms with E-state index in [0.717, 1.165) is 28.4 Å². The van der Waals surface area contributed by atoms with Gasteiger partial charge in [0.1, 0.15) is 0 Å². The predicted octanol–water partition coefficient (Wildman–Crippen LogP) is 4.60. The van der Waals surface area contributed by atoms with Gasteiger partial charge in [-0.1, -0.05) is 59.7 Å². The number of carboxylic acid groups (broad SMARTS) is 1. The predicted molar refractivity (Wildman–Crippen MR) is 149 cm³/mol. The maximum atomic E-state index is 13.1. The highest BCUT2D eigenvalue weighted by molar-refractivity contribution is 7.99. The summed E-state index contributed by atoms with van der Waals surface area (Å²) in [5.74, 6) is -1.32. The molecule has 198 valence electrons. The van der Waals surface area contributed by atoms with E-state index in [1.165, 1.54) is 11.8 Å². The largest absolute Gasteiger partial charge is 0.481 e. The molecule has 0 radical (unpaired) electrons. The van der Waals surface area contributed by atoms with E-state index in [9.17, 15) is 14.7 Å². The van der Waals surface area contributed by atoms with Crippen LogP contribution in [0.1, 0.15) is 18.4 Å². The number of piperidine rings is 1. The Labute approximate surface area is 231 Å². The maximum Gasteiger partial charge on any atom is 0.308 e. The topological polar surface area (TPSA) is 84.3 Å². The highest BCUT2D eigenvalue weighted by Gasteiger charge is 2.28. The molecule has 2 aromatic rings. The number of β-amino-alcohol motifs (C(OH)–C–C–N with tert-alkyl or cyclic N) is 1. The fourth-order valence-electron chi connectivity index (χ4n) is 4.79. The van der Waals surface area contributed by atoms with Gasteiger partial charge in [-0.25, -0.2) is 0 Å². The summed E-state index contributed by atoms with van der Waals surface area (Å²) in [5.41, 5.74) is 1.77. The number of benzene rings is 2. The molecule has 0 aromatic heterocycles. The summed E-state index contributed by atoms with van der Waals surface area (Å²) in [6.45, 7) is 8.52. The minimum atomic E-state index is -0.762. The lowest BCUT2D eigenvalue weighted by atomic mass is 9.98. The van der Waals surface area contributed by atoms with E-state index in [1.54, 1.807) is 11.0 Å². The number of rotatable bonds is 8. The molecule has 1 amide bonds. The van der Waals surface area contributed by atoms with Gasteiger partial charge in [-0.3, -0.25) is 14.5 Å². The second-order valence-corrected chi connectivity index (χ2v) is 11.1. The molecular weight excluding hydrogens is 533 g/mol. The number of anilines is 1. The molecular formula is C27H31Cl2N3O4S. The van der Waals surface area contributed by atoms with Gasteiger partial charge in [0.25, 0.3) is 5.91 Å². The van der Waals surface area contributed by atoms with Crippen LogP contribution >= 0.6 is 35.0 Å². The van der Waals surface area contributed by atoms with Gasteiger partial charge in [-0.2, -0.15) is 0 Å². The first kappa shape index (κ1) is 27.8. The number of aliphatic hydroxyl groups excluding tert-OH is 1. The van der Waals surface area contributed by atoms with E-state index >= 15 is 0 Å². The number of hydrogen-bond donors (Lipinski definition) is 2. The number of piperazine rings is 1. The minimum Gasteiger partial charge on any atom is -0.481 e. The Bertz CT molecular complexity index is 1170. The van der Waals surface area contributed by atoms with Crippen molar-refractivity contribution in [3.63, 3.8) is 0 Å². The molecule has 10 heteroatoms. The number of hydrogen-bond acceptors (Lipinski definition) is 6. The number of carbonyl (C=O) groups excluding carboxylic acids is 1. The number of halogens is 2. The molecule has 2 N–H and O–H groups in total. The molecule has 37 heavy (non-hydrogen) atoms. The fraction of sp³-hybridized carbons (Fsp3) is 0.407. The molecule has 4 rings (SSSR count). The van der Waals surface area contributed by atoms with Gasteiger partial charge >= 0.3 is 5.97 Å². The summed E-state index contributed by atoms with van der Waals surface area (Å²) in [6.07, 6.45) is 1.51. The van der Waals surface area contributed by atoms with E-state index in [2.05, 4.69) is 16.4 Å². The highest BCUT2D eigenvalue weighted by atomic mass is 35.5. The van der Waals surface area contributed by atoms with Crippen LogP contribution in [0.3, 0.4) is 0 Å². The van der Waals surface area contributed by atoms with Crippen molar-refractivity contribution < 1.29 is 19.8 Å². The Hall–Kier alpha value is -2.23. The summed E-state index contributed by atoms with van der Waals surface area (Å²) < 4.78 is 0. The zero-order valence-electron chi connectivity index (χ0n) is 20.5. The van der Waals surface area contributed by atoms with Gasteiger partial charge in [0.05, 0.1) is 28.3 Å². The van der Waals surface area contributed by atoms with Gasteiger partial charge < -0.3 is 20.0 Å². The van der Waals surface area contributed by atoms with Crippen molar-refractivity contribution in [2.75, 3.05) is 57.3 Å². The number of nitrogens with zero attached hydrogens (tertiary/aromatic N) is 3. The molecule has 2 heterocycles. The Morgan fingerprint density at radius 1 is 1.00 bits per heavy atom. The molecule has 1 unspecified atom stereocenters. The van der Waals surface area contributed by atoms with Crippen LogP contribution in [0.5, 0.6) is 0 Å². The molecule has 2 aliphatic heterocycles. The monoisotopic (exact) mass is 563 g/mol. The van der Waals surface area contributed by atoms with Crippen LogP contribution in [0.25, 0.3) is 5.57 Å². The summed E-state index contributed by atoms with van der Waals surface area (Å²) >= 11 is 14.8. The number of amides is 1. The molecule has 0 saturated carbocycles. The standard InChI is InChI=1S/C27H31Cl2N3O4S/c1-18(26(34)31-13-11-30(12-14-31)15-16-33)20-8-9-23(25(29)24(20)28)37-22-7-3-2-6-21(22)32-10-4-5-19(17-32)27(35)36/h2-3,6-9,19,33H,1,4-5,10-17H2,(H,35,36). The Morgan fingerprint density at radius 3 is 2.43 bits per heavy atom. The molecule has 7 nitrogen and oxygen atoms in total. The van der Waals surface area contributed by atoms with E-state index < -0.39 is 5.97 Å². The van der Waals surface area contributed by atoms with E-state index in [0.29, 0.717) is 61.8 Å². The zero-order valence-corrected chi connectivity index (χ0v) is 22.9. The van der Waals surface area contributed by atoms with Crippen molar-refractivity contribution in [1.82, 2.24) is 9.80 Å². The molecule has 0 bridgehead atoms. The van der Waals surface area contributed by atoms with Gasteiger partial charge in [-0.05, 0) is 31.0 Å². The third-order valence-electron chi connectivity index (χ3n) is 6.90. The SMILES string of the molecule is C=C(C(=O)N1CCN(CCO)CC1)c1ccc(Sc2ccccc2N2CCCC(C(=O)O)C2)c(Cl)c1Cl. The van der Waals surface area contributed by atoms with Crippen LogP contribution in [0, 0.1) is 5.92 Å². The van der Waals surface area contributed by atoms with Gasteiger partial charge in [0.15, 0.2) is 0 Å². The fourth-order valence-corrected chi connectivity index (χ4v) is 6.41. The molecule has 0 aliphatic carbocycles. The highest BCUT2D eigenvalue weighted by Crippen LogP contribution is 2.43. The van der Waals surface area contributed by atoms with Crippen LogP contribution in [0.2, 0.25) is 10.0 Å². The average Bonchev–Trinajstić information content (AvgIpc) is 2.91. The lowest BCUT2D eigenvalue weighted by molar-refractivity contribution is -0.142. The van der Waals surface area contributed by atoms with Crippen molar-refractivity contribution in [3.8, 4) is 0 Å². The minimum absolute atomic E-state index is 0.102. The van der Waals surface area contributed by atoms with Crippen molar-refractivity contribution >= 4 is 58.1 Å². The number of aliphatic hydroxyl groups is 1. The second-order valence-electron chi connectivity index (χ2n) is 9.27. The maximum absolute atomic E-state index is 13.1. The number of aliphatic carboxylic acids is 1. The molecule has 2 saturated heterocycles. The third kappa shape index (κ3) is 6.44. The second kappa shape index (κ2) is 12.5. The summed E-state index contributed by atoms with van der Waals surface area (Å²) in [4.78, 5) is 32.3. The normalized spacial score (nSPS) is 18.6. The van der Waals surface area contributed by atoms with E-state index in [-0.39, 0.29) is 23.5 Å². The van der Waals surface area contributed by atoms with E-state index in [1.807, 2.05) is 30.3 Å². The lowest BCUT2D eigenvalue weighted by Crippen LogP contribution is -2.49. The quantitative estimate of drug-likeness (QED) is 0.454. The summed E-state index contributed by atoms with van der Waals surface area (Å²) in [6, 6.07) is 11.5. The van der Waals surface area contributed by atoms with E-state index in [4.69, 9.17) is 28.3 Å². The molecule has 0 spiro atoms. The summed E-state index contributed by atoms with van der Waals surface area (Å²) in [7, 11) is 0. The first-order valence-corrected chi connectivity index (χ1v) is 13.9. The smallest absolute Gasteiger partial charge is 0.308 e. The van der Waals surface area contributed by atoms with Crippen LogP contribution in [0.4, 0.5) is 5.69 Å². The molecule has 2 fully saturated rings. The first-order valence-electron chi connectivity index (χ1n) is 12.3. The number of carboxylic acids is 1. The van der Waals surface area contributed by atoms with Crippen LogP contribution in [0.15, 0.2) is 52.8 Å². The van der Waals surface area contributed by atoms with Crippen LogP contribution in [-0.2, 0) is 9.59 Å². The number of carbonyl (C=O) groups is 2. The summed E-state index contributed by atoms with van der Waals surface area (Å²) in [5, 5.41) is 19.2. The number of para-hydroxylation sites is 1.